The van der Waals surface area contributed by atoms with Crippen LogP contribution < -0.4 is 10.1 Å². The van der Waals surface area contributed by atoms with E-state index in [1.54, 1.807) is 7.05 Å². The van der Waals surface area contributed by atoms with E-state index in [1.165, 1.54) is 4.90 Å². The van der Waals surface area contributed by atoms with Gasteiger partial charge in [-0.3, -0.25) is 14.5 Å². The Kier molecular flexibility index (Phi) is 5.51. The zero-order chi connectivity index (χ0) is 21.3. The molecule has 4 rings (SSSR count). The molecule has 156 valence electrons. The van der Waals surface area contributed by atoms with E-state index in [0.29, 0.717) is 25.3 Å². The van der Waals surface area contributed by atoms with Crippen molar-refractivity contribution in [1.82, 2.24) is 15.1 Å². The molecule has 2 aromatic carbocycles. The lowest BCUT2D eigenvalue weighted by Gasteiger charge is -2.23. The van der Waals surface area contributed by atoms with Crippen LogP contribution in [0.25, 0.3) is 0 Å². The van der Waals surface area contributed by atoms with E-state index in [4.69, 9.17) is 4.74 Å². The Labute approximate surface area is 183 Å². The summed E-state index contributed by atoms with van der Waals surface area (Å²) in [6.45, 7) is 0.358. The van der Waals surface area contributed by atoms with Crippen LogP contribution in [0.1, 0.15) is 17.5 Å². The average molecular weight is 472 g/mol. The molecule has 2 aromatic rings. The van der Waals surface area contributed by atoms with Crippen molar-refractivity contribution in [3.8, 4) is 5.75 Å². The predicted molar refractivity (Wildman–Crippen MR) is 114 cm³/mol. The zero-order valence-electron chi connectivity index (χ0n) is 16.6. The van der Waals surface area contributed by atoms with E-state index in [2.05, 4.69) is 21.2 Å². The van der Waals surface area contributed by atoms with Crippen LogP contribution in [0.15, 0.2) is 53.0 Å². The highest BCUT2D eigenvalue weighted by Gasteiger charge is 2.55. The van der Waals surface area contributed by atoms with Gasteiger partial charge in [0, 0.05) is 11.5 Å². The summed E-state index contributed by atoms with van der Waals surface area (Å²) < 4.78 is 6.59. The number of ether oxygens (including phenoxy) is 1. The Bertz CT molecular complexity index is 994. The number of urea groups is 1. The molecule has 30 heavy (non-hydrogen) atoms. The van der Waals surface area contributed by atoms with Crippen LogP contribution in [0, 0.1) is 0 Å². The zero-order valence-corrected chi connectivity index (χ0v) is 18.1. The van der Waals surface area contributed by atoms with Crippen LogP contribution >= 0.6 is 15.9 Å². The molecule has 7 nitrogen and oxygen atoms in total. The topological polar surface area (TPSA) is 79.0 Å². The van der Waals surface area contributed by atoms with Crippen molar-refractivity contribution in [2.75, 3.05) is 26.7 Å². The van der Waals surface area contributed by atoms with Crippen LogP contribution in [-0.2, 0) is 21.5 Å². The maximum absolute atomic E-state index is 13.1. The fourth-order valence-corrected chi connectivity index (χ4v) is 4.21. The molecule has 1 atom stereocenters. The fourth-order valence-electron chi connectivity index (χ4n) is 3.95. The van der Waals surface area contributed by atoms with E-state index in [1.807, 2.05) is 48.5 Å². The van der Waals surface area contributed by atoms with Crippen molar-refractivity contribution in [2.24, 2.45) is 0 Å². The molecule has 1 N–H and O–H groups in total. The fraction of sp³-hybridized carbons (Fsp3) is 0.318. The van der Waals surface area contributed by atoms with E-state index in [9.17, 15) is 14.4 Å². The summed E-state index contributed by atoms with van der Waals surface area (Å²) in [6.07, 6.45) is 1.23. The van der Waals surface area contributed by atoms with Crippen LogP contribution in [0.4, 0.5) is 4.79 Å². The van der Waals surface area contributed by atoms with E-state index >= 15 is 0 Å². The molecule has 8 heteroatoms. The molecule has 1 aliphatic heterocycles. The van der Waals surface area contributed by atoms with Crippen molar-refractivity contribution < 1.29 is 19.1 Å². The summed E-state index contributed by atoms with van der Waals surface area (Å²) in [5.74, 6) is 0.0292. The number of aryl methyl sites for hydroxylation is 1. The van der Waals surface area contributed by atoms with Gasteiger partial charge in [-0.1, -0.05) is 40.2 Å². The van der Waals surface area contributed by atoms with Gasteiger partial charge in [0.1, 0.15) is 24.4 Å². The number of nitrogens with zero attached hydrogens (tertiary/aromatic N) is 2. The highest BCUT2D eigenvalue weighted by molar-refractivity contribution is 9.10. The van der Waals surface area contributed by atoms with Gasteiger partial charge < -0.3 is 15.0 Å². The number of amides is 4. The van der Waals surface area contributed by atoms with Gasteiger partial charge in [-0.25, -0.2) is 4.79 Å². The number of carbonyl (C=O) groups excluding carboxylic acids is 3. The van der Waals surface area contributed by atoms with E-state index in [0.717, 1.165) is 26.9 Å². The number of rotatable bonds is 6. The molecule has 1 saturated heterocycles. The standard InChI is InChI=1S/C22H22BrN3O4/c1-25(12-13-30-17-8-6-16(23)7-9-17)19(27)14-26-20(28)22(24-21(26)29)11-10-15-4-2-3-5-18(15)22/h2-9H,10-14H2,1H3,(H,24,29)/t22-/m0/s1. The third-order valence-electron chi connectivity index (χ3n) is 5.65. The van der Waals surface area contributed by atoms with Crippen molar-refractivity contribution in [2.45, 2.75) is 18.4 Å². The molecule has 4 amide bonds. The highest BCUT2D eigenvalue weighted by Crippen LogP contribution is 2.41. The number of halogens is 1. The number of likely N-dealkylation sites (N-methyl/N-ethyl adjacent to an activating group) is 1. The summed E-state index contributed by atoms with van der Waals surface area (Å²) in [5, 5.41) is 2.84. The molecule has 1 aliphatic carbocycles. The molecule has 0 radical (unpaired) electrons. The number of nitrogens with one attached hydrogen (secondary N) is 1. The normalized spacial score (nSPS) is 19.7. The second-order valence-corrected chi connectivity index (χ2v) is 8.42. The van der Waals surface area contributed by atoms with Gasteiger partial charge in [0.25, 0.3) is 5.91 Å². The number of benzene rings is 2. The smallest absolute Gasteiger partial charge is 0.325 e. The van der Waals surface area contributed by atoms with Crippen molar-refractivity contribution >= 4 is 33.8 Å². The molecular weight excluding hydrogens is 450 g/mol. The Morgan fingerprint density at radius 1 is 1.20 bits per heavy atom. The minimum atomic E-state index is -1.04. The van der Waals surface area contributed by atoms with Crippen molar-refractivity contribution in [1.29, 1.82) is 0 Å². The molecule has 0 bridgehead atoms. The van der Waals surface area contributed by atoms with Gasteiger partial charge in [0.05, 0.1) is 6.54 Å². The lowest BCUT2D eigenvalue weighted by Crippen LogP contribution is -2.44. The summed E-state index contributed by atoms with van der Waals surface area (Å²) in [4.78, 5) is 40.8. The Hall–Kier alpha value is -2.87. The monoisotopic (exact) mass is 471 g/mol. The third kappa shape index (κ3) is 3.67. The first-order valence-corrected chi connectivity index (χ1v) is 10.5. The lowest BCUT2D eigenvalue weighted by molar-refractivity contribution is -0.138. The van der Waals surface area contributed by atoms with Crippen molar-refractivity contribution in [3.05, 3.63) is 64.1 Å². The summed E-state index contributed by atoms with van der Waals surface area (Å²) in [5.41, 5.74) is 0.841. The molecule has 0 aromatic heterocycles. The SMILES string of the molecule is CN(CCOc1ccc(Br)cc1)C(=O)CN1C(=O)N[C@]2(CCc3ccccc32)C1=O. The van der Waals surface area contributed by atoms with Crippen LogP contribution in [0.3, 0.4) is 0 Å². The molecule has 2 aliphatic rings. The third-order valence-corrected chi connectivity index (χ3v) is 6.18. The van der Waals surface area contributed by atoms with Gasteiger partial charge in [-0.05, 0) is 48.2 Å². The molecule has 0 unspecified atom stereocenters. The molecular formula is C22H22BrN3O4. The van der Waals surface area contributed by atoms with Gasteiger partial charge in [0.2, 0.25) is 5.91 Å². The summed E-state index contributed by atoms with van der Waals surface area (Å²) in [6, 6.07) is 14.5. The first-order chi connectivity index (χ1) is 14.4. The largest absolute Gasteiger partial charge is 0.492 e. The number of fused-ring (bicyclic) bond motifs is 2. The predicted octanol–water partition coefficient (Wildman–Crippen LogP) is 2.68. The van der Waals surface area contributed by atoms with E-state index in [-0.39, 0.29) is 18.4 Å². The summed E-state index contributed by atoms with van der Waals surface area (Å²) in [7, 11) is 1.63. The minimum Gasteiger partial charge on any atom is -0.492 e. The van der Waals surface area contributed by atoms with Crippen LogP contribution in [0.2, 0.25) is 0 Å². The maximum Gasteiger partial charge on any atom is 0.325 e. The van der Waals surface area contributed by atoms with Gasteiger partial charge in [-0.15, -0.1) is 0 Å². The molecule has 0 saturated carbocycles. The summed E-state index contributed by atoms with van der Waals surface area (Å²) >= 11 is 3.37. The Balaban J connectivity index is 1.36. The van der Waals surface area contributed by atoms with E-state index < -0.39 is 11.6 Å². The quantitative estimate of drug-likeness (QED) is 0.656. The maximum atomic E-state index is 13.1. The first kappa shape index (κ1) is 20.4. The number of imide groups is 1. The Morgan fingerprint density at radius 3 is 2.70 bits per heavy atom. The van der Waals surface area contributed by atoms with Crippen molar-refractivity contribution in [3.63, 3.8) is 0 Å². The van der Waals surface area contributed by atoms with Gasteiger partial charge in [-0.2, -0.15) is 0 Å². The first-order valence-electron chi connectivity index (χ1n) is 9.75. The highest BCUT2D eigenvalue weighted by atomic mass is 79.9. The number of carbonyl (C=O) groups is 3. The average Bonchev–Trinajstić information content (AvgIpc) is 3.22. The lowest BCUT2D eigenvalue weighted by atomic mass is 9.92. The molecule has 1 heterocycles. The number of hydrogen-bond donors (Lipinski definition) is 1. The van der Waals surface area contributed by atoms with Gasteiger partial charge in [0.15, 0.2) is 0 Å². The van der Waals surface area contributed by atoms with Gasteiger partial charge >= 0.3 is 6.03 Å². The Morgan fingerprint density at radius 2 is 1.93 bits per heavy atom. The second kappa shape index (κ2) is 8.10. The van der Waals surface area contributed by atoms with Crippen LogP contribution in [-0.4, -0.2) is 54.4 Å². The minimum absolute atomic E-state index is 0.288. The van der Waals surface area contributed by atoms with Crippen LogP contribution in [0.5, 0.6) is 5.75 Å². The molecule has 1 spiro atoms. The second-order valence-electron chi connectivity index (χ2n) is 7.50. The molecule has 1 fully saturated rings. The number of hydrogen-bond acceptors (Lipinski definition) is 4.